The standard InChI is InChI=1S/C23H29N/c1-8-11-19-15(4)17-13-18-16(10-3)21(12-9-2)24(7)22(18)14-20(17)23(19,5)6/h8-9,11-14H,10H2,1-7H3/b11-8-,12-9-. The normalized spacial score (nSPS) is 17.0. The molecule has 24 heavy (non-hydrogen) atoms. The molecule has 1 aromatic heterocycles. The van der Waals surface area contributed by atoms with Crippen molar-refractivity contribution in [3.8, 4) is 0 Å². The van der Waals surface area contributed by atoms with Crippen LogP contribution in [0.5, 0.6) is 0 Å². The van der Waals surface area contributed by atoms with Gasteiger partial charge in [0.05, 0.1) is 0 Å². The van der Waals surface area contributed by atoms with Crippen LogP contribution in [0.15, 0.2) is 35.9 Å². The zero-order valence-corrected chi connectivity index (χ0v) is 16.1. The SMILES string of the molecule is C/C=C\C1=C(C)c2cc3c(CC)c(/C=C\C)n(C)c3cc2C1(C)C. The molecular formula is C23H29N. The fourth-order valence-corrected chi connectivity index (χ4v) is 4.41. The Morgan fingerprint density at radius 3 is 2.33 bits per heavy atom. The predicted octanol–water partition coefficient (Wildman–Crippen LogP) is 6.41. The zero-order chi connectivity index (χ0) is 17.6. The maximum Gasteiger partial charge on any atom is 0.0488 e. The number of aromatic nitrogens is 1. The van der Waals surface area contributed by atoms with Gasteiger partial charge in [-0.3, -0.25) is 0 Å². The summed E-state index contributed by atoms with van der Waals surface area (Å²) in [5, 5.41) is 1.41. The van der Waals surface area contributed by atoms with Gasteiger partial charge in [-0.1, -0.05) is 39.0 Å². The van der Waals surface area contributed by atoms with E-state index in [0.717, 1.165) is 6.42 Å². The summed E-state index contributed by atoms with van der Waals surface area (Å²) in [5.41, 5.74) is 9.96. The lowest BCUT2D eigenvalue weighted by Gasteiger charge is -2.23. The van der Waals surface area contributed by atoms with Crippen LogP contribution < -0.4 is 0 Å². The predicted molar refractivity (Wildman–Crippen MR) is 107 cm³/mol. The molecule has 1 aliphatic rings. The van der Waals surface area contributed by atoms with Crippen molar-refractivity contribution in [2.75, 3.05) is 0 Å². The monoisotopic (exact) mass is 319 g/mol. The molecule has 0 aliphatic heterocycles. The van der Waals surface area contributed by atoms with Crippen molar-refractivity contribution < 1.29 is 0 Å². The fourth-order valence-electron chi connectivity index (χ4n) is 4.41. The van der Waals surface area contributed by atoms with Crippen LogP contribution in [0, 0.1) is 0 Å². The van der Waals surface area contributed by atoms with Gasteiger partial charge in [-0.05, 0) is 73.2 Å². The smallest absolute Gasteiger partial charge is 0.0488 e. The molecule has 1 aliphatic carbocycles. The second-order valence-electron chi connectivity index (χ2n) is 7.35. The molecule has 2 aromatic rings. The van der Waals surface area contributed by atoms with Gasteiger partial charge in [0.1, 0.15) is 0 Å². The first-order valence-electron chi connectivity index (χ1n) is 9.01. The lowest BCUT2D eigenvalue weighted by Crippen LogP contribution is -2.16. The number of aryl methyl sites for hydroxylation is 2. The van der Waals surface area contributed by atoms with Gasteiger partial charge in [0.25, 0.3) is 0 Å². The van der Waals surface area contributed by atoms with Gasteiger partial charge in [-0.2, -0.15) is 0 Å². The molecule has 0 bridgehead atoms. The minimum Gasteiger partial charge on any atom is -0.344 e. The first-order valence-corrected chi connectivity index (χ1v) is 9.01. The average molecular weight is 319 g/mol. The number of allylic oxidation sites excluding steroid dienone is 5. The number of nitrogens with zero attached hydrogens (tertiary/aromatic N) is 1. The molecular weight excluding hydrogens is 290 g/mol. The van der Waals surface area contributed by atoms with E-state index in [0.29, 0.717) is 0 Å². The third-order valence-electron chi connectivity index (χ3n) is 5.66. The van der Waals surface area contributed by atoms with Crippen molar-refractivity contribution in [3.63, 3.8) is 0 Å². The molecule has 1 heterocycles. The fraction of sp³-hybridized carbons (Fsp3) is 0.391. The van der Waals surface area contributed by atoms with Gasteiger partial charge >= 0.3 is 0 Å². The number of hydrogen-bond acceptors (Lipinski definition) is 0. The maximum absolute atomic E-state index is 2.43. The van der Waals surface area contributed by atoms with Crippen molar-refractivity contribution in [2.45, 2.75) is 53.4 Å². The van der Waals surface area contributed by atoms with Gasteiger partial charge < -0.3 is 4.57 Å². The van der Waals surface area contributed by atoms with Crippen LogP contribution >= 0.6 is 0 Å². The highest BCUT2D eigenvalue weighted by atomic mass is 14.9. The third-order valence-corrected chi connectivity index (χ3v) is 5.66. The van der Waals surface area contributed by atoms with Crippen LogP contribution in [0.25, 0.3) is 22.6 Å². The summed E-state index contributed by atoms with van der Waals surface area (Å²) < 4.78 is 2.35. The van der Waals surface area contributed by atoms with E-state index in [-0.39, 0.29) is 5.41 Å². The topological polar surface area (TPSA) is 4.93 Å². The highest BCUT2D eigenvalue weighted by Crippen LogP contribution is 2.48. The van der Waals surface area contributed by atoms with E-state index in [1.165, 1.54) is 44.4 Å². The molecule has 1 nitrogen and oxygen atoms in total. The Morgan fingerprint density at radius 1 is 1.08 bits per heavy atom. The first-order chi connectivity index (χ1) is 11.4. The average Bonchev–Trinajstić information content (AvgIpc) is 2.91. The number of rotatable bonds is 3. The molecule has 126 valence electrons. The molecule has 1 heteroatoms. The van der Waals surface area contributed by atoms with Gasteiger partial charge in [-0.25, -0.2) is 0 Å². The molecule has 0 saturated carbocycles. The van der Waals surface area contributed by atoms with Crippen LogP contribution in [0.2, 0.25) is 0 Å². The van der Waals surface area contributed by atoms with E-state index in [2.05, 4.69) is 89.6 Å². The minimum absolute atomic E-state index is 0.0670. The highest BCUT2D eigenvalue weighted by molar-refractivity contribution is 5.95. The van der Waals surface area contributed by atoms with Crippen molar-refractivity contribution >= 4 is 22.6 Å². The summed E-state index contributed by atoms with van der Waals surface area (Å²) in [6.07, 6.45) is 9.88. The molecule has 1 aromatic carbocycles. The van der Waals surface area contributed by atoms with Crippen LogP contribution in [0.3, 0.4) is 0 Å². The molecule has 0 spiro atoms. The Labute approximate surface area is 146 Å². The Morgan fingerprint density at radius 2 is 1.75 bits per heavy atom. The van der Waals surface area contributed by atoms with E-state index in [1.54, 1.807) is 0 Å². The Balaban J connectivity index is 2.39. The second kappa shape index (κ2) is 5.81. The third kappa shape index (κ3) is 2.14. The summed E-state index contributed by atoms with van der Waals surface area (Å²) >= 11 is 0. The lowest BCUT2D eigenvalue weighted by atomic mass is 9.80. The van der Waals surface area contributed by atoms with Crippen molar-refractivity contribution in [1.82, 2.24) is 4.57 Å². The molecule has 0 fully saturated rings. The van der Waals surface area contributed by atoms with E-state index >= 15 is 0 Å². The lowest BCUT2D eigenvalue weighted by molar-refractivity contribution is 0.654. The van der Waals surface area contributed by atoms with Gasteiger partial charge in [0, 0.05) is 29.1 Å². The quantitative estimate of drug-likeness (QED) is 0.615. The number of benzene rings is 1. The molecule has 0 atom stereocenters. The zero-order valence-electron chi connectivity index (χ0n) is 16.1. The number of hydrogen-bond donors (Lipinski definition) is 0. The van der Waals surface area contributed by atoms with E-state index in [4.69, 9.17) is 0 Å². The van der Waals surface area contributed by atoms with Crippen LogP contribution in [-0.4, -0.2) is 4.57 Å². The number of fused-ring (bicyclic) bond motifs is 2. The Bertz CT molecular complexity index is 898. The van der Waals surface area contributed by atoms with Gasteiger partial charge in [0.15, 0.2) is 0 Å². The van der Waals surface area contributed by atoms with Crippen molar-refractivity contribution in [3.05, 3.63) is 58.3 Å². The molecule has 0 N–H and O–H groups in total. The molecule has 0 unspecified atom stereocenters. The Hall–Kier alpha value is -2.02. The van der Waals surface area contributed by atoms with E-state index < -0.39 is 0 Å². The maximum atomic E-state index is 2.43. The van der Waals surface area contributed by atoms with Crippen LogP contribution in [0.1, 0.15) is 63.9 Å². The molecule has 0 saturated heterocycles. The van der Waals surface area contributed by atoms with E-state index in [1.807, 2.05) is 0 Å². The summed E-state index contributed by atoms with van der Waals surface area (Å²) in [6, 6.07) is 4.86. The summed E-state index contributed by atoms with van der Waals surface area (Å²) in [7, 11) is 2.19. The largest absolute Gasteiger partial charge is 0.344 e. The highest BCUT2D eigenvalue weighted by Gasteiger charge is 2.35. The first kappa shape index (κ1) is 16.8. The van der Waals surface area contributed by atoms with Gasteiger partial charge in [-0.15, -0.1) is 0 Å². The summed E-state index contributed by atoms with van der Waals surface area (Å²) in [4.78, 5) is 0. The van der Waals surface area contributed by atoms with Crippen molar-refractivity contribution in [1.29, 1.82) is 0 Å². The Kier molecular flexibility index (Phi) is 4.07. The second-order valence-corrected chi connectivity index (χ2v) is 7.35. The summed E-state index contributed by atoms with van der Waals surface area (Å²) in [6.45, 7) is 13.4. The van der Waals surface area contributed by atoms with E-state index in [9.17, 15) is 0 Å². The summed E-state index contributed by atoms with van der Waals surface area (Å²) in [5.74, 6) is 0. The minimum atomic E-state index is 0.0670. The van der Waals surface area contributed by atoms with Gasteiger partial charge in [0.2, 0.25) is 0 Å². The van der Waals surface area contributed by atoms with Crippen molar-refractivity contribution in [2.24, 2.45) is 7.05 Å². The van der Waals surface area contributed by atoms with Crippen LogP contribution in [-0.2, 0) is 18.9 Å². The molecule has 3 rings (SSSR count). The molecule has 0 radical (unpaired) electrons. The molecule has 0 amide bonds. The van der Waals surface area contributed by atoms with Crippen LogP contribution in [0.4, 0.5) is 0 Å².